The predicted molar refractivity (Wildman–Crippen MR) is 195 cm³/mol. The molecule has 280 valence electrons. The number of anilines is 1. The average molecular weight is 730 g/mol. The molecule has 0 spiro atoms. The first-order valence-corrected chi connectivity index (χ1v) is 18.4. The topological polar surface area (TPSA) is 134 Å². The minimum atomic E-state index is -0.863. The summed E-state index contributed by atoms with van der Waals surface area (Å²) in [5, 5.41) is 32.1. The highest BCUT2D eigenvalue weighted by Crippen LogP contribution is 2.53. The molecule has 2 saturated carbocycles. The third-order valence-corrected chi connectivity index (χ3v) is 12.1. The molecule has 8 rings (SSSR count). The number of phenols is 1. The smallest absolute Gasteiger partial charge is 0.319 e. The van der Waals surface area contributed by atoms with Crippen LogP contribution in [0.2, 0.25) is 0 Å². The van der Waals surface area contributed by atoms with E-state index in [2.05, 4.69) is 27.7 Å². The molecule has 3 unspecified atom stereocenters. The van der Waals surface area contributed by atoms with Gasteiger partial charge in [-0.15, -0.1) is 6.42 Å². The Labute approximate surface area is 306 Å². The fraction of sp³-hybridized carbons (Fsp3) is 0.525. The van der Waals surface area contributed by atoms with Crippen LogP contribution in [0.15, 0.2) is 24.3 Å². The van der Waals surface area contributed by atoms with E-state index in [1.54, 1.807) is 4.90 Å². The van der Waals surface area contributed by atoms with Crippen molar-refractivity contribution in [2.24, 2.45) is 10.8 Å². The van der Waals surface area contributed by atoms with E-state index in [0.717, 1.165) is 51.5 Å². The maximum Gasteiger partial charge on any atom is 0.319 e. The van der Waals surface area contributed by atoms with Crippen LogP contribution in [0.5, 0.6) is 17.6 Å². The summed E-state index contributed by atoms with van der Waals surface area (Å²) < 4.78 is 50.2. The molecule has 4 aliphatic rings. The normalized spacial score (nSPS) is 27.6. The fourth-order valence-corrected chi connectivity index (χ4v) is 9.49. The molecule has 4 fully saturated rings. The van der Waals surface area contributed by atoms with Crippen LogP contribution in [0, 0.1) is 34.8 Å². The van der Waals surface area contributed by atoms with Crippen molar-refractivity contribution in [2.45, 2.75) is 70.1 Å². The zero-order valence-corrected chi connectivity index (χ0v) is 30.1. The number of methoxy groups -OCH3 is 1. The van der Waals surface area contributed by atoms with Gasteiger partial charge in [0.2, 0.25) is 5.88 Å². The molecule has 4 aromatic rings. The number of hydrogen-bond donors (Lipinski definition) is 3. The van der Waals surface area contributed by atoms with Crippen molar-refractivity contribution in [2.75, 3.05) is 58.1 Å². The monoisotopic (exact) mass is 729 g/mol. The van der Waals surface area contributed by atoms with Crippen molar-refractivity contribution in [3.8, 4) is 41.2 Å². The summed E-state index contributed by atoms with van der Waals surface area (Å²) in [6.07, 6.45) is 12.0. The number of pyridine rings is 1. The number of ether oxygens (including phenoxy) is 3. The van der Waals surface area contributed by atoms with Crippen LogP contribution in [0.3, 0.4) is 0 Å². The van der Waals surface area contributed by atoms with Gasteiger partial charge in [-0.2, -0.15) is 9.97 Å². The van der Waals surface area contributed by atoms with Gasteiger partial charge < -0.3 is 34.4 Å². The highest BCUT2D eigenvalue weighted by molar-refractivity contribution is 6.04. The van der Waals surface area contributed by atoms with Gasteiger partial charge in [0.15, 0.2) is 5.82 Å². The summed E-state index contributed by atoms with van der Waals surface area (Å²) in [5.41, 5.74) is -0.593. The Morgan fingerprint density at radius 3 is 2.68 bits per heavy atom. The number of benzene rings is 2. The first-order chi connectivity index (χ1) is 25.6. The molecule has 2 aromatic heterocycles. The van der Waals surface area contributed by atoms with E-state index in [-0.39, 0.29) is 87.2 Å². The van der Waals surface area contributed by atoms with Gasteiger partial charge in [0.1, 0.15) is 34.0 Å². The fourth-order valence-electron chi connectivity index (χ4n) is 9.49. The second-order valence-corrected chi connectivity index (χ2v) is 15.6. The molecule has 2 aromatic carbocycles. The first kappa shape index (κ1) is 35.7. The number of likely N-dealkylation sites (tertiary alicyclic amines) is 1. The van der Waals surface area contributed by atoms with Crippen LogP contribution in [0.25, 0.3) is 32.9 Å². The molecule has 3 atom stereocenters. The van der Waals surface area contributed by atoms with E-state index in [1.165, 1.54) is 31.4 Å². The van der Waals surface area contributed by atoms with Gasteiger partial charge in [-0.3, -0.25) is 4.90 Å². The van der Waals surface area contributed by atoms with E-state index in [9.17, 15) is 15.3 Å². The summed E-state index contributed by atoms with van der Waals surface area (Å²) >= 11 is 0. The molecule has 4 heterocycles. The van der Waals surface area contributed by atoms with E-state index in [4.69, 9.17) is 25.6 Å². The van der Waals surface area contributed by atoms with Crippen molar-refractivity contribution >= 4 is 27.5 Å². The summed E-state index contributed by atoms with van der Waals surface area (Å²) in [5.74, 6) is 0.900. The zero-order chi connectivity index (χ0) is 37.1. The quantitative estimate of drug-likeness (QED) is 0.207. The summed E-state index contributed by atoms with van der Waals surface area (Å²) in [4.78, 5) is 18.5. The van der Waals surface area contributed by atoms with Crippen molar-refractivity contribution in [1.82, 2.24) is 19.9 Å². The molecular formula is C40H45F2N5O6. The average Bonchev–Trinajstić information content (AvgIpc) is 3.46. The molecule has 0 amide bonds. The number of nitrogens with zero attached hydrogens (tertiary/aromatic N) is 5. The van der Waals surface area contributed by atoms with E-state index < -0.39 is 17.7 Å². The van der Waals surface area contributed by atoms with Crippen LogP contribution < -0.4 is 14.4 Å². The van der Waals surface area contributed by atoms with Crippen molar-refractivity contribution < 1.29 is 38.3 Å². The lowest BCUT2D eigenvalue weighted by molar-refractivity contribution is -0.0884. The Morgan fingerprint density at radius 2 is 1.91 bits per heavy atom. The number of aliphatic hydroxyl groups is 2. The highest BCUT2D eigenvalue weighted by Gasteiger charge is 2.53. The molecule has 53 heavy (non-hydrogen) atoms. The van der Waals surface area contributed by atoms with Crippen LogP contribution in [0.1, 0.15) is 57.4 Å². The molecule has 0 bridgehead atoms. The number of halogens is 2. The molecule has 0 radical (unpaired) electrons. The number of piperidine rings is 1. The third-order valence-electron chi connectivity index (χ3n) is 12.1. The second kappa shape index (κ2) is 13.8. The van der Waals surface area contributed by atoms with E-state index >= 15 is 8.78 Å². The number of aromatic nitrogens is 3. The van der Waals surface area contributed by atoms with Gasteiger partial charge in [-0.05, 0) is 74.1 Å². The minimum absolute atomic E-state index is 0.0134. The van der Waals surface area contributed by atoms with Gasteiger partial charge in [0.25, 0.3) is 0 Å². The van der Waals surface area contributed by atoms with Crippen LogP contribution in [-0.2, 0) is 4.74 Å². The van der Waals surface area contributed by atoms with Gasteiger partial charge in [0, 0.05) is 48.1 Å². The predicted octanol–water partition coefficient (Wildman–Crippen LogP) is 5.19. The van der Waals surface area contributed by atoms with Crippen LogP contribution >= 0.6 is 0 Å². The maximum atomic E-state index is 17.2. The van der Waals surface area contributed by atoms with Crippen LogP contribution in [0.4, 0.5) is 14.6 Å². The van der Waals surface area contributed by atoms with Gasteiger partial charge in [0.05, 0.1) is 38.6 Å². The summed E-state index contributed by atoms with van der Waals surface area (Å²) in [7, 11) is 1.39. The molecule has 3 N–H and O–H groups in total. The number of aliphatic hydroxyl groups excluding tert-OH is 2. The molecular weight excluding hydrogens is 684 g/mol. The molecule has 13 heteroatoms. The number of fused-ring (bicyclic) bond motifs is 3. The Balaban J connectivity index is 1.24. The van der Waals surface area contributed by atoms with Gasteiger partial charge >= 0.3 is 6.01 Å². The first-order valence-electron chi connectivity index (χ1n) is 18.4. The Hall–Kier alpha value is -4.35. The second-order valence-electron chi connectivity index (χ2n) is 15.6. The SMILES string of the molecule is C#Cc1c(F)ccc2cc(O)cc(-c3nc(OC)c4c(N5CCOCC(O)C5)nc(OCC56CCCC5N(C5CC(C)(CO)C5)CCC6)nc4c3F)c12. The Kier molecular flexibility index (Phi) is 9.29. The number of rotatable bonds is 8. The number of aromatic hydroxyl groups is 1. The lowest BCUT2D eigenvalue weighted by atomic mass is 9.65. The molecule has 2 aliphatic carbocycles. The number of phenolic OH excluding ortho intramolecular Hbond substituents is 1. The molecule has 2 aliphatic heterocycles. The van der Waals surface area contributed by atoms with E-state index in [0.29, 0.717) is 37.2 Å². The minimum Gasteiger partial charge on any atom is -0.508 e. The van der Waals surface area contributed by atoms with Crippen molar-refractivity contribution in [1.29, 1.82) is 0 Å². The largest absolute Gasteiger partial charge is 0.508 e. The van der Waals surface area contributed by atoms with Gasteiger partial charge in [-0.25, -0.2) is 13.8 Å². The number of β-amino-alcohol motifs (C(OH)–C–C–N with tert-alkyl or cyclic N) is 1. The number of hydrogen-bond acceptors (Lipinski definition) is 11. The highest BCUT2D eigenvalue weighted by atomic mass is 19.1. The van der Waals surface area contributed by atoms with Crippen molar-refractivity contribution in [3.63, 3.8) is 0 Å². The lowest BCUT2D eigenvalue weighted by Crippen LogP contribution is -2.60. The third kappa shape index (κ3) is 6.19. The maximum absolute atomic E-state index is 17.2. The van der Waals surface area contributed by atoms with Crippen molar-refractivity contribution in [3.05, 3.63) is 41.5 Å². The summed E-state index contributed by atoms with van der Waals surface area (Å²) in [6, 6.07) is 6.09. The molecule has 2 saturated heterocycles. The van der Waals surface area contributed by atoms with Crippen LogP contribution in [-0.4, -0.2) is 107 Å². The van der Waals surface area contributed by atoms with E-state index in [1.807, 2.05) is 0 Å². The Bertz CT molecular complexity index is 2100. The Morgan fingerprint density at radius 1 is 1.09 bits per heavy atom. The summed E-state index contributed by atoms with van der Waals surface area (Å²) in [6.45, 7) is 4.61. The van der Waals surface area contributed by atoms with Gasteiger partial charge in [-0.1, -0.05) is 25.3 Å². The molecule has 11 nitrogen and oxygen atoms in total. The zero-order valence-electron chi connectivity index (χ0n) is 30.1. The lowest BCUT2D eigenvalue weighted by Gasteiger charge is -2.56. The standard InChI is InChI=1S/C40H45F2N5O6/c1-4-27-29(41)9-8-23-15-25(49)16-28(31(23)27)34-33(42)35-32(37(43-34)51-3)36(46-13-14-52-20-26(50)19-46)45-38(44-35)53-22-40-10-5-7-30(40)47(12-6-11-40)24-17-39(2,18-24)21-48/h1,8-9,15-16,24,26,30,48-50H,5-7,10-14,17-22H2,2-3H3. The number of terminal acetylenes is 1.